The molecular weight excluding hydrogens is 392 g/mol. The topological polar surface area (TPSA) is 49.9 Å². The Morgan fingerprint density at radius 3 is 2.21 bits per heavy atom. The first-order valence-corrected chi connectivity index (χ1v) is 9.22. The summed E-state index contributed by atoms with van der Waals surface area (Å²) < 4.78 is 6.11. The number of halogens is 1. The predicted molar refractivity (Wildman–Crippen MR) is 96.8 cm³/mol. The van der Waals surface area contributed by atoms with Gasteiger partial charge in [-0.3, -0.25) is 9.59 Å². The van der Waals surface area contributed by atoms with Gasteiger partial charge in [0.2, 0.25) is 0 Å². The summed E-state index contributed by atoms with van der Waals surface area (Å²) >= 11 is 4.87. The molecule has 1 saturated heterocycles. The summed E-state index contributed by atoms with van der Waals surface area (Å²) in [4.78, 5) is 28.6. The SMILES string of the molecule is COc1cccc(C(=O)N2CCN(C(=O)c3csc(Br)c3)CC2)c1. The van der Waals surface area contributed by atoms with Gasteiger partial charge in [-0.25, -0.2) is 0 Å². The molecule has 5 nitrogen and oxygen atoms in total. The summed E-state index contributed by atoms with van der Waals surface area (Å²) in [6.45, 7) is 2.16. The van der Waals surface area contributed by atoms with Gasteiger partial charge in [-0.1, -0.05) is 6.07 Å². The highest BCUT2D eigenvalue weighted by Gasteiger charge is 2.26. The smallest absolute Gasteiger partial charge is 0.254 e. The maximum Gasteiger partial charge on any atom is 0.254 e. The minimum Gasteiger partial charge on any atom is -0.497 e. The van der Waals surface area contributed by atoms with Crippen LogP contribution in [0.25, 0.3) is 0 Å². The molecule has 2 heterocycles. The monoisotopic (exact) mass is 408 g/mol. The van der Waals surface area contributed by atoms with Gasteiger partial charge in [0.1, 0.15) is 5.75 Å². The lowest BCUT2D eigenvalue weighted by molar-refractivity contribution is 0.0535. The largest absolute Gasteiger partial charge is 0.497 e. The van der Waals surface area contributed by atoms with E-state index in [9.17, 15) is 9.59 Å². The van der Waals surface area contributed by atoms with Crippen molar-refractivity contribution in [2.75, 3.05) is 33.3 Å². The lowest BCUT2D eigenvalue weighted by Gasteiger charge is -2.34. The van der Waals surface area contributed by atoms with Crippen LogP contribution in [-0.4, -0.2) is 54.9 Å². The van der Waals surface area contributed by atoms with Crippen LogP contribution in [-0.2, 0) is 0 Å². The molecule has 1 aromatic heterocycles. The van der Waals surface area contributed by atoms with E-state index in [4.69, 9.17) is 4.74 Å². The molecule has 0 saturated carbocycles. The summed E-state index contributed by atoms with van der Waals surface area (Å²) in [5.41, 5.74) is 1.30. The summed E-state index contributed by atoms with van der Waals surface area (Å²) in [5.74, 6) is 0.655. The molecule has 126 valence electrons. The van der Waals surface area contributed by atoms with Gasteiger partial charge in [-0.05, 0) is 40.2 Å². The highest BCUT2D eigenvalue weighted by atomic mass is 79.9. The van der Waals surface area contributed by atoms with E-state index in [0.29, 0.717) is 43.1 Å². The minimum atomic E-state index is -0.0284. The third-order valence-electron chi connectivity index (χ3n) is 3.99. The number of rotatable bonds is 3. The Labute approximate surface area is 153 Å². The van der Waals surface area contributed by atoms with Crippen molar-refractivity contribution in [3.05, 3.63) is 50.6 Å². The molecule has 24 heavy (non-hydrogen) atoms. The normalized spacial score (nSPS) is 14.6. The van der Waals surface area contributed by atoms with Crippen LogP contribution < -0.4 is 4.74 Å². The van der Waals surface area contributed by atoms with Crippen molar-refractivity contribution in [1.82, 2.24) is 9.80 Å². The van der Waals surface area contributed by atoms with Gasteiger partial charge in [-0.2, -0.15) is 0 Å². The molecule has 3 rings (SSSR count). The molecule has 1 aliphatic rings. The van der Waals surface area contributed by atoms with Gasteiger partial charge in [-0.15, -0.1) is 11.3 Å². The van der Waals surface area contributed by atoms with Gasteiger partial charge in [0, 0.05) is 37.1 Å². The molecule has 0 radical (unpaired) electrons. The summed E-state index contributed by atoms with van der Waals surface area (Å²) in [7, 11) is 1.58. The molecule has 7 heteroatoms. The quantitative estimate of drug-likeness (QED) is 0.783. The average Bonchev–Trinajstić information content (AvgIpc) is 3.07. The molecular formula is C17H17BrN2O3S. The van der Waals surface area contributed by atoms with E-state index in [1.807, 2.05) is 17.5 Å². The van der Waals surface area contributed by atoms with Gasteiger partial charge >= 0.3 is 0 Å². The third kappa shape index (κ3) is 3.62. The van der Waals surface area contributed by atoms with Crippen LogP contribution in [0.5, 0.6) is 5.75 Å². The molecule has 2 aromatic rings. The predicted octanol–water partition coefficient (Wildman–Crippen LogP) is 3.12. The molecule has 0 unspecified atom stereocenters. The van der Waals surface area contributed by atoms with Crippen molar-refractivity contribution in [2.24, 2.45) is 0 Å². The van der Waals surface area contributed by atoms with E-state index < -0.39 is 0 Å². The first kappa shape index (κ1) is 17.0. The number of carbonyl (C=O) groups is 2. The molecule has 1 fully saturated rings. The number of carbonyl (C=O) groups excluding carboxylic acids is 2. The molecule has 0 atom stereocenters. The molecule has 0 spiro atoms. The molecule has 0 N–H and O–H groups in total. The number of methoxy groups -OCH3 is 1. The molecule has 0 aliphatic carbocycles. The highest BCUT2D eigenvalue weighted by molar-refractivity contribution is 9.11. The van der Waals surface area contributed by atoms with Crippen molar-refractivity contribution in [1.29, 1.82) is 0 Å². The first-order valence-electron chi connectivity index (χ1n) is 7.55. The van der Waals surface area contributed by atoms with Gasteiger partial charge < -0.3 is 14.5 Å². The van der Waals surface area contributed by atoms with Crippen molar-refractivity contribution in [3.8, 4) is 5.75 Å². The highest BCUT2D eigenvalue weighted by Crippen LogP contribution is 2.22. The Balaban J connectivity index is 1.62. The van der Waals surface area contributed by atoms with Crippen molar-refractivity contribution in [2.45, 2.75) is 0 Å². The van der Waals surface area contributed by atoms with E-state index in [1.165, 1.54) is 11.3 Å². The van der Waals surface area contributed by atoms with Crippen LogP contribution in [0.3, 0.4) is 0 Å². The first-order chi connectivity index (χ1) is 11.6. The van der Waals surface area contributed by atoms with E-state index in [1.54, 1.807) is 35.1 Å². The number of piperazine rings is 1. The van der Waals surface area contributed by atoms with E-state index >= 15 is 0 Å². The Hall–Kier alpha value is -1.86. The van der Waals surface area contributed by atoms with Gasteiger partial charge in [0.25, 0.3) is 11.8 Å². The van der Waals surface area contributed by atoms with Crippen LogP contribution in [0.15, 0.2) is 39.5 Å². The van der Waals surface area contributed by atoms with E-state index in [0.717, 1.165) is 3.79 Å². The number of benzene rings is 1. The van der Waals surface area contributed by atoms with Gasteiger partial charge in [0.15, 0.2) is 0 Å². The van der Waals surface area contributed by atoms with Crippen LogP contribution in [0, 0.1) is 0 Å². The number of ether oxygens (including phenoxy) is 1. The van der Waals surface area contributed by atoms with Crippen molar-refractivity contribution < 1.29 is 14.3 Å². The third-order valence-corrected chi connectivity index (χ3v) is 5.49. The molecule has 0 bridgehead atoms. The number of hydrogen-bond donors (Lipinski definition) is 0. The maximum absolute atomic E-state index is 12.6. The minimum absolute atomic E-state index is 0.0189. The fourth-order valence-corrected chi connectivity index (χ4v) is 3.79. The Morgan fingerprint density at radius 1 is 1.04 bits per heavy atom. The maximum atomic E-state index is 12.6. The summed E-state index contributed by atoms with van der Waals surface area (Å²) in [6, 6.07) is 8.97. The standard InChI is InChI=1S/C17H17BrN2O3S/c1-23-14-4-2-3-12(9-14)16(21)19-5-7-20(8-6-19)17(22)13-10-15(18)24-11-13/h2-4,9-11H,5-8H2,1H3. The fourth-order valence-electron chi connectivity index (χ4n) is 2.66. The van der Waals surface area contributed by atoms with E-state index in [2.05, 4.69) is 15.9 Å². The van der Waals surface area contributed by atoms with Crippen molar-refractivity contribution in [3.63, 3.8) is 0 Å². The second-order valence-corrected chi connectivity index (χ2v) is 7.75. The number of nitrogens with zero attached hydrogens (tertiary/aromatic N) is 2. The number of hydrogen-bond acceptors (Lipinski definition) is 4. The zero-order valence-electron chi connectivity index (χ0n) is 13.2. The average molecular weight is 409 g/mol. The molecule has 1 aliphatic heterocycles. The lowest BCUT2D eigenvalue weighted by Crippen LogP contribution is -2.50. The molecule has 2 amide bonds. The van der Waals surface area contributed by atoms with E-state index in [-0.39, 0.29) is 11.8 Å². The second-order valence-electron chi connectivity index (χ2n) is 5.46. The summed E-state index contributed by atoms with van der Waals surface area (Å²) in [5, 5.41) is 1.85. The van der Waals surface area contributed by atoms with Gasteiger partial charge in [0.05, 0.1) is 16.5 Å². The zero-order chi connectivity index (χ0) is 17.1. The summed E-state index contributed by atoms with van der Waals surface area (Å²) in [6.07, 6.45) is 0. The second kappa shape index (κ2) is 7.36. The van der Waals surface area contributed by atoms with Crippen LogP contribution in [0.1, 0.15) is 20.7 Å². The lowest BCUT2D eigenvalue weighted by atomic mass is 10.1. The van der Waals surface area contributed by atoms with Crippen LogP contribution >= 0.6 is 27.3 Å². The number of thiophene rings is 1. The Kier molecular flexibility index (Phi) is 5.20. The zero-order valence-corrected chi connectivity index (χ0v) is 15.6. The number of amides is 2. The van der Waals surface area contributed by atoms with Crippen LogP contribution in [0.4, 0.5) is 0 Å². The van der Waals surface area contributed by atoms with Crippen molar-refractivity contribution >= 4 is 39.1 Å². The molecule has 1 aromatic carbocycles. The Morgan fingerprint density at radius 2 is 1.67 bits per heavy atom. The Bertz CT molecular complexity index is 754. The van der Waals surface area contributed by atoms with Crippen LogP contribution in [0.2, 0.25) is 0 Å². The fraction of sp³-hybridized carbons (Fsp3) is 0.294.